The molecule has 0 aromatic heterocycles. The van der Waals surface area contributed by atoms with E-state index in [1.165, 1.54) is 6.07 Å². The molecule has 25 heavy (non-hydrogen) atoms. The molecule has 0 bridgehead atoms. The topological polar surface area (TPSA) is 55.6 Å². The fourth-order valence-electron chi connectivity index (χ4n) is 3.39. The molecule has 1 aromatic carbocycles. The highest BCUT2D eigenvalue weighted by molar-refractivity contribution is 5.85. The Labute approximate surface area is 153 Å². The van der Waals surface area contributed by atoms with Gasteiger partial charge in [0.1, 0.15) is 0 Å². The highest BCUT2D eigenvalue weighted by atomic mass is 35.5. The molecule has 1 saturated carbocycles. The molecule has 2 unspecified atom stereocenters. The zero-order chi connectivity index (χ0) is 17.1. The van der Waals surface area contributed by atoms with Crippen LogP contribution in [0.2, 0.25) is 0 Å². The van der Waals surface area contributed by atoms with Crippen LogP contribution in [0.15, 0.2) is 18.2 Å². The van der Waals surface area contributed by atoms with E-state index >= 15 is 0 Å². The van der Waals surface area contributed by atoms with Gasteiger partial charge in [0, 0.05) is 25.6 Å². The Hall–Kier alpha value is -1.24. The molecule has 1 saturated heterocycles. The van der Waals surface area contributed by atoms with Crippen LogP contribution in [0.25, 0.3) is 0 Å². The fourth-order valence-corrected chi connectivity index (χ4v) is 3.39. The maximum Gasteiger partial charge on any atom is 0.226 e. The van der Waals surface area contributed by atoms with Crippen LogP contribution in [0, 0.1) is 17.6 Å². The summed E-state index contributed by atoms with van der Waals surface area (Å²) in [6.45, 7) is 2.71. The number of nitrogens with two attached hydrogens (primary N) is 1. The van der Waals surface area contributed by atoms with Gasteiger partial charge in [0.15, 0.2) is 11.6 Å². The van der Waals surface area contributed by atoms with Crippen LogP contribution >= 0.6 is 12.4 Å². The summed E-state index contributed by atoms with van der Waals surface area (Å²) < 4.78 is 32.1. The maximum atomic E-state index is 13.3. The smallest absolute Gasteiger partial charge is 0.226 e. The first-order valence-corrected chi connectivity index (χ1v) is 8.65. The van der Waals surface area contributed by atoms with Crippen LogP contribution in [-0.4, -0.2) is 43.2 Å². The molecular formula is C18H25ClF2N2O2. The summed E-state index contributed by atoms with van der Waals surface area (Å²) in [6.07, 6.45) is 3.48. The van der Waals surface area contributed by atoms with Gasteiger partial charge in [-0.1, -0.05) is 6.07 Å². The van der Waals surface area contributed by atoms with Crippen molar-refractivity contribution in [3.05, 3.63) is 35.4 Å². The van der Waals surface area contributed by atoms with Crippen LogP contribution in [-0.2, 0) is 9.53 Å². The van der Waals surface area contributed by atoms with Crippen molar-refractivity contribution in [2.75, 3.05) is 26.2 Å². The standard InChI is InChI=1S/C18H24F2N2O2.ClH/c19-16-3-2-12(10-17(16)20)14-11-15(14)18(23)22-7-4-13(5-8-22)24-9-1-6-21;/h2-3,10,13-15H,1,4-9,11,21H2;1H. The second-order valence-electron chi connectivity index (χ2n) is 6.66. The molecular weight excluding hydrogens is 350 g/mol. The Bertz CT molecular complexity index is 594. The number of hydrogen-bond donors (Lipinski definition) is 1. The van der Waals surface area contributed by atoms with E-state index in [4.69, 9.17) is 10.5 Å². The Kier molecular flexibility index (Phi) is 7.16. The lowest BCUT2D eigenvalue weighted by atomic mass is 10.1. The van der Waals surface area contributed by atoms with E-state index in [1.54, 1.807) is 6.07 Å². The molecule has 0 radical (unpaired) electrons. The monoisotopic (exact) mass is 374 g/mol. The second-order valence-corrected chi connectivity index (χ2v) is 6.66. The summed E-state index contributed by atoms with van der Waals surface area (Å²) >= 11 is 0. The number of hydrogen-bond acceptors (Lipinski definition) is 3. The Morgan fingerprint density at radius 2 is 1.96 bits per heavy atom. The molecule has 1 aromatic rings. The molecule has 2 fully saturated rings. The number of carbonyl (C=O) groups is 1. The summed E-state index contributed by atoms with van der Waals surface area (Å²) in [5.41, 5.74) is 6.16. The van der Waals surface area contributed by atoms with Crippen molar-refractivity contribution in [2.24, 2.45) is 11.7 Å². The van der Waals surface area contributed by atoms with Gasteiger partial charge in [0.25, 0.3) is 0 Å². The molecule has 1 heterocycles. The van der Waals surface area contributed by atoms with Gasteiger partial charge in [-0.2, -0.15) is 0 Å². The van der Waals surface area contributed by atoms with E-state index in [0.29, 0.717) is 31.8 Å². The highest BCUT2D eigenvalue weighted by Gasteiger charge is 2.46. The van der Waals surface area contributed by atoms with Crippen molar-refractivity contribution in [2.45, 2.75) is 37.7 Å². The summed E-state index contributed by atoms with van der Waals surface area (Å²) in [5, 5.41) is 0. The number of nitrogens with zero attached hydrogens (tertiary/aromatic N) is 1. The van der Waals surface area contributed by atoms with Crippen molar-refractivity contribution in [1.82, 2.24) is 4.90 Å². The number of rotatable bonds is 6. The van der Waals surface area contributed by atoms with Crippen LogP contribution in [0.1, 0.15) is 37.2 Å². The largest absolute Gasteiger partial charge is 0.378 e. The first-order chi connectivity index (χ1) is 11.6. The minimum Gasteiger partial charge on any atom is -0.378 e. The number of likely N-dealkylation sites (tertiary alicyclic amines) is 1. The van der Waals surface area contributed by atoms with Gasteiger partial charge in [-0.3, -0.25) is 4.79 Å². The normalized spacial score (nSPS) is 23.2. The molecule has 1 amide bonds. The minimum atomic E-state index is -0.848. The zero-order valence-electron chi connectivity index (χ0n) is 14.1. The molecule has 2 N–H and O–H groups in total. The molecule has 1 aliphatic carbocycles. The Balaban J connectivity index is 0.00000225. The SMILES string of the molecule is Cl.NCCCOC1CCN(C(=O)C2CC2c2ccc(F)c(F)c2)CC1. The van der Waals surface area contributed by atoms with Crippen LogP contribution in [0.3, 0.4) is 0 Å². The fraction of sp³-hybridized carbons (Fsp3) is 0.611. The number of ether oxygens (including phenoxy) is 1. The van der Waals surface area contributed by atoms with E-state index < -0.39 is 11.6 Å². The molecule has 4 nitrogen and oxygen atoms in total. The van der Waals surface area contributed by atoms with Crippen molar-refractivity contribution < 1.29 is 18.3 Å². The lowest BCUT2D eigenvalue weighted by Gasteiger charge is -2.32. The third-order valence-electron chi connectivity index (χ3n) is 4.94. The predicted octanol–water partition coefficient (Wildman–Crippen LogP) is 2.85. The number of halogens is 3. The quantitative estimate of drug-likeness (QED) is 0.779. The first-order valence-electron chi connectivity index (χ1n) is 8.65. The molecule has 2 aliphatic rings. The lowest BCUT2D eigenvalue weighted by molar-refractivity contribution is -0.135. The third-order valence-corrected chi connectivity index (χ3v) is 4.94. The van der Waals surface area contributed by atoms with Gasteiger partial charge in [-0.25, -0.2) is 8.78 Å². The molecule has 1 aliphatic heterocycles. The van der Waals surface area contributed by atoms with Crippen molar-refractivity contribution >= 4 is 18.3 Å². The zero-order valence-corrected chi connectivity index (χ0v) is 14.9. The van der Waals surface area contributed by atoms with E-state index in [0.717, 1.165) is 31.7 Å². The minimum absolute atomic E-state index is 0. The van der Waals surface area contributed by atoms with Crippen molar-refractivity contribution in [3.63, 3.8) is 0 Å². The molecule has 0 spiro atoms. The van der Waals surface area contributed by atoms with E-state index in [2.05, 4.69) is 0 Å². The van der Waals surface area contributed by atoms with Gasteiger partial charge in [-0.15, -0.1) is 12.4 Å². The summed E-state index contributed by atoms with van der Waals surface area (Å²) in [4.78, 5) is 14.4. The second kappa shape index (κ2) is 8.92. The van der Waals surface area contributed by atoms with Crippen molar-refractivity contribution in [3.8, 4) is 0 Å². The first kappa shape index (κ1) is 20.1. The van der Waals surface area contributed by atoms with Gasteiger partial charge in [-0.05, 0) is 55.8 Å². The van der Waals surface area contributed by atoms with Gasteiger partial charge >= 0.3 is 0 Å². The highest BCUT2D eigenvalue weighted by Crippen LogP contribution is 2.48. The average molecular weight is 375 g/mol. The van der Waals surface area contributed by atoms with Gasteiger partial charge in [0.05, 0.1) is 6.10 Å². The number of piperidine rings is 1. The van der Waals surface area contributed by atoms with Crippen LogP contribution in [0.5, 0.6) is 0 Å². The third kappa shape index (κ3) is 4.90. The van der Waals surface area contributed by atoms with E-state index in [1.807, 2.05) is 4.90 Å². The average Bonchev–Trinajstić information content (AvgIpc) is 3.38. The number of benzene rings is 1. The van der Waals surface area contributed by atoms with Gasteiger partial charge in [0.2, 0.25) is 5.91 Å². The Morgan fingerprint density at radius 1 is 1.24 bits per heavy atom. The predicted molar refractivity (Wildman–Crippen MR) is 93.7 cm³/mol. The number of carbonyl (C=O) groups excluding carboxylic acids is 1. The molecule has 140 valence electrons. The molecule has 3 rings (SSSR count). The summed E-state index contributed by atoms with van der Waals surface area (Å²) in [5.74, 6) is -1.64. The Morgan fingerprint density at radius 3 is 2.60 bits per heavy atom. The maximum absolute atomic E-state index is 13.3. The van der Waals surface area contributed by atoms with Crippen molar-refractivity contribution in [1.29, 1.82) is 0 Å². The van der Waals surface area contributed by atoms with Crippen LogP contribution in [0.4, 0.5) is 8.78 Å². The summed E-state index contributed by atoms with van der Waals surface area (Å²) in [7, 11) is 0. The molecule has 7 heteroatoms. The van der Waals surface area contributed by atoms with Gasteiger partial charge < -0.3 is 15.4 Å². The van der Waals surface area contributed by atoms with Crippen LogP contribution < -0.4 is 5.73 Å². The molecule has 2 atom stereocenters. The lowest BCUT2D eigenvalue weighted by Crippen LogP contribution is -2.42. The van der Waals surface area contributed by atoms with E-state index in [-0.39, 0.29) is 36.3 Å². The summed E-state index contributed by atoms with van der Waals surface area (Å²) in [6, 6.07) is 3.92. The number of amides is 1. The van der Waals surface area contributed by atoms with E-state index in [9.17, 15) is 13.6 Å².